The summed E-state index contributed by atoms with van der Waals surface area (Å²) in [4.78, 5) is 27.7. The highest BCUT2D eigenvalue weighted by Gasteiger charge is 2.17. The first-order valence-corrected chi connectivity index (χ1v) is 21.4. The van der Waals surface area contributed by atoms with E-state index in [-0.39, 0.29) is 31.7 Å². The third kappa shape index (κ3) is 40.4. The molecule has 9 nitrogen and oxygen atoms in total. The van der Waals surface area contributed by atoms with E-state index in [1.54, 1.807) is 0 Å². The molecule has 0 radical (unpaired) electrons. The summed E-state index contributed by atoms with van der Waals surface area (Å²) >= 11 is 0. The van der Waals surface area contributed by atoms with E-state index in [0.717, 1.165) is 51.4 Å². The standard InChI is InChI=1S/C43H79N3O6/c1-3-5-7-9-11-13-15-17-19-21-23-25-27-29-31-33-42(47)51-40-41(39-50-38-37-49-36-35-45-46-44)52-43(48)34-32-30-28-26-24-22-20-18-16-14-12-10-8-6-4-2/h17-20,41H,3-16,21-40H2,1-2H3/b19-17-,20-18-. The third-order valence-corrected chi connectivity index (χ3v) is 9.09. The topological polar surface area (TPSA) is 120 Å². The quantitative estimate of drug-likeness (QED) is 0.0154. The lowest BCUT2D eigenvalue weighted by Gasteiger charge is -2.18. The first kappa shape index (κ1) is 49.6. The van der Waals surface area contributed by atoms with Crippen LogP contribution < -0.4 is 0 Å². The minimum absolute atomic E-state index is 0.0141. The molecule has 0 aromatic heterocycles. The number of hydrogen-bond donors (Lipinski definition) is 0. The maximum Gasteiger partial charge on any atom is 0.306 e. The van der Waals surface area contributed by atoms with Crippen molar-refractivity contribution >= 4 is 11.9 Å². The molecule has 0 rings (SSSR count). The van der Waals surface area contributed by atoms with Crippen LogP contribution in [0.3, 0.4) is 0 Å². The lowest BCUT2D eigenvalue weighted by molar-refractivity contribution is -0.163. The molecule has 9 heteroatoms. The Morgan fingerprint density at radius 3 is 1.44 bits per heavy atom. The van der Waals surface area contributed by atoms with Gasteiger partial charge in [0, 0.05) is 24.3 Å². The number of rotatable bonds is 41. The first-order chi connectivity index (χ1) is 25.6. The lowest BCUT2D eigenvalue weighted by Crippen LogP contribution is -2.30. The van der Waals surface area contributed by atoms with E-state index in [2.05, 4.69) is 48.2 Å². The van der Waals surface area contributed by atoms with Crippen molar-refractivity contribution in [1.29, 1.82) is 0 Å². The molecule has 0 saturated carbocycles. The van der Waals surface area contributed by atoms with Crippen molar-refractivity contribution in [3.05, 3.63) is 34.7 Å². The summed E-state index contributed by atoms with van der Waals surface area (Å²) in [5.41, 5.74) is 8.34. The molecule has 1 atom stereocenters. The molecular formula is C43H79N3O6. The molecule has 0 bridgehead atoms. The van der Waals surface area contributed by atoms with Crippen LogP contribution in [-0.2, 0) is 28.5 Å². The zero-order valence-corrected chi connectivity index (χ0v) is 33.7. The molecular weight excluding hydrogens is 654 g/mol. The lowest BCUT2D eigenvalue weighted by atomic mass is 10.1. The van der Waals surface area contributed by atoms with Gasteiger partial charge >= 0.3 is 11.9 Å². The molecule has 1 unspecified atom stereocenters. The van der Waals surface area contributed by atoms with Gasteiger partial charge in [0.05, 0.1) is 26.4 Å². The number of esters is 2. The summed E-state index contributed by atoms with van der Waals surface area (Å²) in [5, 5.41) is 3.43. The number of nitrogens with zero attached hydrogens (tertiary/aromatic N) is 3. The largest absolute Gasteiger partial charge is 0.462 e. The molecule has 0 heterocycles. The monoisotopic (exact) mass is 734 g/mol. The Hall–Kier alpha value is -2.35. The van der Waals surface area contributed by atoms with Crippen molar-refractivity contribution in [2.45, 2.75) is 200 Å². The van der Waals surface area contributed by atoms with Crippen LogP contribution in [0.2, 0.25) is 0 Å². The van der Waals surface area contributed by atoms with Gasteiger partial charge in [-0.05, 0) is 69.7 Å². The SMILES string of the molecule is CCCCCCCC/C=C\CCCCCCCC(=O)OCC(COCCOCCN=[N+]=[N-])OC(=O)CCCCCCC/C=C\CCCCCCCC. The molecule has 0 aromatic rings. The van der Waals surface area contributed by atoms with E-state index in [9.17, 15) is 9.59 Å². The molecule has 0 aliphatic carbocycles. The highest BCUT2D eigenvalue weighted by atomic mass is 16.6. The highest BCUT2D eigenvalue weighted by Crippen LogP contribution is 2.13. The first-order valence-electron chi connectivity index (χ1n) is 21.4. The maximum absolute atomic E-state index is 12.6. The Bertz CT molecular complexity index is 890. The molecule has 52 heavy (non-hydrogen) atoms. The van der Waals surface area contributed by atoms with E-state index >= 15 is 0 Å². The van der Waals surface area contributed by atoms with Crippen LogP contribution in [0.5, 0.6) is 0 Å². The second-order valence-corrected chi connectivity index (χ2v) is 14.1. The van der Waals surface area contributed by atoms with Crippen LogP contribution in [0, 0.1) is 0 Å². The summed E-state index contributed by atoms with van der Waals surface area (Å²) in [6.45, 7) is 5.82. The zero-order valence-electron chi connectivity index (χ0n) is 33.7. The average molecular weight is 734 g/mol. The van der Waals surface area contributed by atoms with Gasteiger partial charge in [0.1, 0.15) is 6.61 Å². The molecule has 0 aliphatic heterocycles. The van der Waals surface area contributed by atoms with Crippen LogP contribution in [0.1, 0.15) is 194 Å². The van der Waals surface area contributed by atoms with Gasteiger partial charge in [-0.3, -0.25) is 9.59 Å². The highest BCUT2D eigenvalue weighted by molar-refractivity contribution is 5.70. The minimum Gasteiger partial charge on any atom is -0.462 e. The van der Waals surface area contributed by atoms with Gasteiger partial charge in [0.25, 0.3) is 0 Å². The van der Waals surface area contributed by atoms with Crippen molar-refractivity contribution in [1.82, 2.24) is 0 Å². The minimum atomic E-state index is -0.656. The molecule has 302 valence electrons. The van der Waals surface area contributed by atoms with E-state index in [1.165, 1.54) is 116 Å². The van der Waals surface area contributed by atoms with Gasteiger partial charge in [0.15, 0.2) is 6.10 Å². The molecule has 0 aliphatic rings. The Morgan fingerprint density at radius 1 is 0.538 bits per heavy atom. The summed E-state index contributed by atoms with van der Waals surface area (Å²) in [6.07, 6.45) is 40.7. The van der Waals surface area contributed by atoms with Crippen molar-refractivity contribution in [3.8, 4) is 0 Å². The van der Waals surface area contributed by atoms with Crippen LogP contribution in [0.25, 0.3) is 10.4 Å². The fraction of sp³-hybridized carbons (Fsp3) is 0.860. The van der Waals surface area contributed by atoms with Gasteiger partial charge in [-0.1, -0.05) is 146 Å². The molecule has 0 amide bonds. The van der Waals surface area contributed by atoms with Gasteiger partial charge < -0.3 is 18.9 Å². The van der Waals surface area contributed by atoms with Crippen molar-refractivity contribution in [3.63, 3.8) is 0 Å². The Labute approximate surface area is 319 Å². The van der Waals surface area contributed by atoms with Crippen LogP contribution in [0.15, 0.2) is 29.4 Å². The number of carbonyl (C=O) groups is 2. The number of azide groups is 1. The third-order valence-electron chi connectivity index (χ3n) is 9.09. The van der Waals surface area contributed by atoms with Crippen molar-refractivity contribution in [2.75, 3.05) is 39.6 Å². The maximum atomic E-state index is 12.6. The molecule has 0 spiro atoms. The van der Waals surface area contributed by atoms with Gasteiger partial charge in [0.2, 0.25) is 0 Å². The van der Waals surface area contributed by atoms with E-state index in [1.807, 2.05) is 0 Å². The normalized spacial score (nSPS) is 12.0. The van der Waals surface area contributed by atoms with Crippen LogP contribution >= 0.6 is 0 Å². The molecule has 0 fully saturated rings. The van der Waals surface area contributed by atoms with E-state index in [0.29, 0.717) is 32.7 Å². The summed E-state index contributed by atoms with van der Waals surface area (Å²) in [5.74, 6) is -0.553. The number of unbranched alkanes of at least 4 members (excludes halogenated alkanes) is 22. The van der Waals surface area contributed by atoms with Crippen LogP contribution in [-0.4, -0.2) is 57.6 Å². The Balaban J connectivity index is 4.14. The van der Waals surface area contributed by atoms with Crippen LogP contribution in [0.4, 0.5) is 0 Å². The van der Waals surface area contributed by atoms with E-state index in [4.69, 9.17) is 24.5 Å². The summed E-state index contributed by atoms with van der Waals surface area (Å²) < 4.78 is 22.2. The van der Waals surface area contributed by atoms with Crippen molar-refractivity contribution in [2.24, 2.45) is 5.11 Å². The number of allylic oxidation sites excluding steroid dienone is 4. The number of carbonyl (C=O) groups excluding carboxylic acids is 2. The number of hydrogen-bond acceptors (Lipinski definition) is 7. The van der Waals surface area contributed by atoms with Gasteiger partial charge in [-0.15, -0.1) is 0 Å². The fourth-order valence-electron chi connectivity index (χ4n) is 5.88. The molecule has 0 N–H and O–H groups in total. The Kier molecular flexibility index (Phi) is 41.1. The molecule has 0 aromatic carbocycles. The van der Waals surface area contributed by atoms with E-state index < -0.39 is 6.10 Å². The zero-order chi connectivity index (χ0) is 37.8. The second kappa shape index (κ2) is 43.1. The average Bonchev–Trinajstić information content (AvgIpc) is 3.14. The fourth-order valence-corrected chi connectivity index (χ4v) is 5.88. The number of ether oxygens (including phenoxy) is 4. The van der Waals surface area contributed by atoms with Gasteiger partial charge in [-0.25, -0.2) is 0 Å². The summed E-state index contributed by atoms with van der Waals surface area (Å²) in [6, 6.07) is 0. The summed E-state index contributed by atoms with van der Waals surface area (Å²) in [7, 11) is 0. The smallest absolute Gasteiger partial charge is 0.306 e. The van der Waals surface area contributed by atoms with Gasteiger partial charge in [-0.2, -0.15) is 0 Å². The predicted octanol–water partition coefficient (Wildman–Crippen LogP) is 12.9. The molecule has 0 saturated heterocycles. The predicted molar refractivity (Wildman–Crippen MR) is 215 cm³/mol. The Morgan fingerprint density at radius 2 is 0.962 bits per heavy atom. The second-order valence-electron chi connectivity index (χ2n) is 14.1. The van der Waals surface area contributed by atoms with Crippen molar-refractivity contribution < 1.29 is 28.5 Å².